The van der Waals surface area contributed by atoms with Gasteiger partial charge in [0.2, 0.25) is 0 Å². The van der Waals surface area contributed by atoms with Crippen molar-refractivity contribution in [3.8, 4) is 5.75 Å². The van der Waals surface area contributed by atoms with Crippen LogP contribution in [0, 0.1) is 11.8 Å². The first-order chi connectivity index (χ1) is 14.8. The topological polar surface area (TPSA) is 114 Å². The number of aliphatic carboxylic acids is 1. The number of hydrogen-bond donors (Lipinski definition) is 3. The highest BCUT2D eigenvalue weighted by atomic mass is 16.5. The number of carbonyl (C=O) groups excluding carboxylic acids is 2. The van der Waals surface area contributed by atoms with Gasteiger partial charge in [-0.2, -0.15) is 0 Å². The molecule has 0 radical (unpaired) electrons. The number of alkyl carbamates (subject to hydrolysis) is 1. The van der Waals surface area contributed by atoms with E-state index in [-0.39, 0.29) is 25.0 Å². The molecule has 1 aliphatic rings. The lowest BCUT2D eigenvalue weighted by molar-refractivity contribution is -0.140. The van der Waals surface area contributed by atoms with E-state index in [4.69, 9.17) is 14.6 Å². The maximum absolute atomic E-state index is 12.0. The molecule has 1 atom stereocenters. The maximum Gasteiger partial charge on any atom is 0.408 e. The van der Waals surface area contributed by atoms with Gasteiger partial charge in [-0.05, 0) is 42.4 Å². The van der Waals surface area contributed by atoms with Gasteiger partial charge < -0.3 is 25.2 Å². The number of benzene rings is 1. The molecule has 2 rings (SSSR count). The summed E-state index contributed by atoms with van der Waals surface area (Å²) in [5.41, 5.74) is 0.719. The lowest BCUT2D eigenvalue weighted by atomic mass is 10.0. The number of carboxylic acid groups (broad SMARTS) is 1. The monoisotopic (exact) mass is 434 g/mol. The maximum atomic E-state index is 12.0. The van der Waals surface area contributed by atoms with E-state index in [0.717, 1.165) is 5.56 Å². The van der Waals surface area contributed by atoms with Gasteiger partial charge in [0.25, 0.3) is 5.91 Å². The first kappa shape index (κ1) is 24.5. The van der Waals surface area contributed by atoms with Crippen LogP contribution in [0.15, 0.2) is 24.3 Å². The van der Waals surface area contributed by atoms with Crippen molar-refractivity contribution in [1.29, 1.82) is 0 Å². The SMILES string of the molecule is CC(C)[C@H](NC(=O)OCc1ccc(OCC(=O)NCC2CCCCCC2)cc1)C(=O)O. The fourth-order valence-electron chi connectivity index (χ4n) is 3.54. The Morgan fingerprint density at radius 3 is 2.29 bits per heavy atom. The van der Waals surface area contributed by atoms with Gasteiger partial charge in [0.05, 0.1) is 0 Å². The molecule has 0 spiro atoms. The van der Waals surface area contributed by atoms with Crippen LogP contribution in [0.4, 0.5) is 4.79 Å². The fourth-order valence-corrected chi connectivity index (χ4v) is 3.54. The molecule has 0 aliphatic heterocycles. The molecule has 0 heterocycles. The zero-order chi connectivity index (χ0) is 22.6. The normalized spacial score (nSPS) is 15.6. The number of amides is 2. The molecule has 8 nitrogen and oxygen atoms in total. The quantitative estimate of drug-likeness (QED) is 0.486. The predicted molar refractivity (Wildman–Crippen MR) is 116 cm³/mol. The Hall–Kier alpha value is -2.77. The van der Waals surface area contributed by atoms with Crippen LogP contribution in [0.3, 0.4) is 0 Å². The number of carboxylic acids is 1. The summed E-state index contributed by atoms with van der Waals surface area (Å²) in [4.78, 5) is 35.0. The second kappa shape index (κ2) is 12.8. The number of nitrogens with one attached hydrogen (secondary N) is 2. The molecule has 3 N–H and O–H groups in total. The van der Waals surface area contributed by atoms with E-state index in [9.17, 15) is 14.4 Å². The van der Waals surface area contributed by atoms with Crippen molar-refractivity contribution < 1.29 is 29.0 Å². The molecule has 1 saturated carbocycles. The van der Waals surface area contributed by atoms with Gasteiger partial charge in [0.1, 0.15) is 18.4 Å². The van der Waals surface area contributed by atoms with Crippen molar-refractivity contribution >= 4 is 18.0 Å². The van der Waals surface area contributed by atoms with Gasteiger partial charge in [0.15, 0.2) is 6.61 Å². The van der Waals surface area contributed by atoms with Crippen LogP contribution in [-0.2, 0) is 20.9 Å². The summed E-state index contributed by atoms with van der Waals surface area (Å²) >= 11 is 0. The van der Waals surface area contributed by atoms with Gasteiger partial charge >= 0.3 is 12.1 Å². The van der Waals surface area contributed by atoms with E-state index in [1.54, 1.807) is 38.1 Å². The van der Waals surface area contributed by atoms with E-state index in [1.807, 2.05) is 0 Å². The molecule has 0 aromatic heterocycles. The Labute approximate surface area is 183 Å². The molecule has 1 fully saturated rings. The van der Waals surface area contributed by atoms with E-state index in [2.05, 4.69) is 10.6 Å². The van der Waals surface area contributed by atoms with Gasteiger partial charge in [-0.25, -0.2) is 9.59 Å². The van der Waals surface area contributed by atoms with Gasteiger partial charge in [0, 0.05) is 6.54 Å². The van der Waals surface area contributed by atoms with Gasteiger partial charge in [-0.15, -0.1) is 0 Å². The summed E-state index contributed by atoms with van der Waals surface area (Å²) in [5.74, 6) is -0.387. The van der Waals surface area contributed by atoms with Crippen molar-refractivity contribution in [1.82, 2.24) is 10.6 Å². The smallest absolute Gasteiger partial charge is 0.408 e. The van der Waals surface area contributed by atoms with Crippen LogP contribution in [0.1, 0.15) is 57.9 Å². The number of rotatable bonds is 10. The molecule has 1 aliphatic carbocycles. The van der Waals surface area contributed by atoms with Crippen molar-refractivity contribution in [3.63, 3.8) is 0 Å². The molecule has 172 valence electrons. The number of ether oxygens (including phenoxy) is 2. The highest BCUT2D eigenvalue weighted by molar-refractivity contribution is 5.80. The molecular weight excluding hydrogens is 400 g/mol. The third-order valence-electron chi connectivity index (χ3n) is 5.43. The average Bonchev–Trinajstić information content (AvgIpc) is 3.02. The molecule has 8 heteroatoms. The third-order valence-corrected chi connectivity index (χ3v) is 5.43. The highest BCUT2D eigenvalue weighted by Crippen LogP contribution is 2.22. The molecule has 0 bridgehead atoms. The summed E-state index contributed by atoms with van der Waals surface area (Å²) in [6.45, 7) is 4.07. The number of carbonyl (C=O) groups is 3. The van der Waals surface area contributed by atoms with Crippen molar-refractivity contribution in [3.05, 3.63) is 29.8 Å². The van der Waals surface area contributed by atoms with Crippen LogP contribution in [0.25, 0.3) is 0 Å². The third kappa shape index (κ3) is 9.27. The van der Waals surface area contributed by atoms with Crippen LogP contribution in [0.2, 0.25) is 0 Å². The molecule has 31 heavy (non-hydrogen) atoms. The standard InChI is InChI=1S/C23H34N2O6/c1-16(2)21(22(27)28)25-23(29)31-14-18-9-11-19(12-10-18)30-15-20(26)24-13-17-7-5-3-4-6-8-17/h9-12,16-17,21H,3-8,13-15H2,1-2H3,(H,24,26)(H,25,29)(H,27,28)/t21-/m0/s1. The average molecular weight is 435 g/mol. The van der Waals surface area contributed by atoms with Crippen LogP contribution >= 0.6 is 0 Å². The minimum absolute atomic E-state index is 0.00157. The number of hydrogen-bond acceptors (Lipinski definition) is 5. The summed E-state index contributed by atoms with van der Waals surface area (Å²) in [6, 6.07) is 5.84. The van der Waals surface area contributed by atoms with Crippen molar-refractivity contribution in [2.45, 2.75) is 65.0 Å². The molecule has 2 amide bonds. The Kier molecular flexibility index (Phi) is 10.1. The van der Waals surface area contributed by atoms with Crippen molar-refractivity contribution in [2.24, 2.45) is 11.8 Å². The largest absolute Gasteiger partial charge is 0.484 e. The first-order valence-electron chi connectivity index (χ1n) is 11.0. The highest BCUT2D eigenvalue weighted by Gasteiger charge is 2.24. The van der Waals surface area contributed by atoms with Gasteiger partial charge in [-0.1, -0.05) is 51.7 Å². The summed E-state index contributed by atoms with van der Waals surface area (Å²) in [6.07, 6.45) is 6.64. The van der Waals surface area contributed by atoms with Crippen LogP contribution in [0.5, 0.6) is 5.75 Å². The van der Waals surface area contributed by atoms with Crippen LogP contribution in [-0.4, -0.2) is 42.3 Å². The second-order valence-corrected chi connectivity index (χ2v) is 8.37. The van der Waals surface area contributed by atoms with E-state index < -0.39 is 18.1 Å². The minimum atomic E-state index is -1.10. The minimum Gasteiger partial charge on any atom is -0.484 e. The molecular formula is C23H34N2O6. The Morgan fingerprint density at radius 1 is 1.06 bits per heavy atom. The molecule has 1 aromatic carbocycles. The van der Waals surface area contributed by atoms with E-state index >= 15 is 0 Å². The lowest BCUT2D eigenvalue weighted by Crippen LogP contribution is -2.44. The molecule has 0 saturated heterocycles. The second-order valence-electron chi connectivity index (χ2n) is 8.37. The fraction of sp³-hybridized carbons (Fsp3) is 0.609. The zero-order valence-corrected chi connectivity index (χ0v) is 18.4. The van der Waals surface area contributed by atoms with Crippen molar-refractivity contribution in [2.75, 3.05) is 13.2 Å². The van der Waals surface area contributed by atoms with Crippen LogP contribution < -0.4 is 15.4 Å². The molecule has 0 unspecified atom stereocenters. The van der Waals surface area contributed by atoms with E-state index in [1.165, 1.54) is 38.5 Å². The summed E-state index contributed by atoms with van der Waals surface area (Å²) < 4.78 is 10.6. The Morgan fingerprint density at radius 2 is 1.71 bits per heavy atom. The Bertz CT molecular complexity index is 711. The zero-order valence-electron chi connectivity index (χ0n) is 18.4. The summed E-state index contributed by atoms with van der Waals surface area (Å²) in [7, 11) is 0. The molecule has 1 aromatic rings. The Balaban J connectivity index is 1.68. The predicted octanol–water partition coefficient (Wildman–Crippen LogP) is 3.49. The van der Waals surface area contributed by atoms with E-state index in [0.29, 0.717) is 18.2 Å². The summed E-state index contributed by atoms with van der Waals surface area (Å²) in [5, 5.41) is 14.4. The first-order valence-corrected chi connectivity index (χ1v) is 11.0. The lowest BCUT2D eigenvalue weighted by Gasteiger charge is -2.17. The van der Waals surface area contributed by atoms with Gasteiger partial charge in [-0.3, -0.25) is 4.79 Å².